The molecule has 0 aliphatic carbocycles. The number of hydrogen-bond donors (Lipinski definition) is 0. The molecule has 0 bridgehead atoms. The van der Waals surface area contributed by atoms with Crippen LogP contribution < -0.4 is 4.90 Å². The van der Waals surface area contributed by atoms with E-state index in [4.69, 9.17) is 0 Å². The second-order valence-electron chi connectivity index (χ2n) is 5.75. The first-order valence-electron chi connectivity index (χ1n) is 7.48. The maximum absolute atomic E-state index is 12.5. The molecule has 1 fully saturated rings. The normalized spacial score (nSPS) is 19.5. The molecule has 0 saturated carbocycles. The highest BCUT2D eigenvalue weighted by molar-refractivity contribution is 6.08. The van der Waals surface area contributed by atoms with Crippen molar-refractivity contribution in [2.24, 2.45) is 5.92 Å². The van der Waals surface area contributed by atoms with Crippen molar-refractivity contribution in [2.45, 2.75) is 46.0 Å². The average Bonchev–Trinajstić information content (AvgIpc) is 2.46. The fourth-order valence-electron chi connectivity index (χ4n) is 2.73. The molecule has 1 heterocycles. The summed E-state index contributed by atoms with van der Waals surface area (Å²) in [6, 6.07) is 8.10. The summed E-state index contributed by atoms with van der Waals surface area (Å²) in [7, 11) is 0. The molecule has 1 unspecified atom stereocenters. The van der Waals surface area contributed by atoms with Crippen molar-refractivity contribution >= 4 is 17.4 Å². The van der Waals surface area contributed by atoms with Crippen LogP contribution in [0.25, 0.3) is 0 Å². The third kappa shape index (κ3) is 2.92. The third-order valence-electron chi connectivity index (χ3n) is 4.02. The predicted octanol–water partition coefficient (Wildman–Crippen LogP) is 3.53. The SMILES string of the molecule is CCC(=O)C1CCCN(c2cccc(C(C)C)c2)C1=O. The van der Waals surface area contributed by atoms with Crippen LogP contribution in [0.3, 0.4) is 0 Å². The van der Waals surface area contributed by atoms with Gasteiger partial charge in [0.15, 0.2) is 0 Å². The van der Waals surface area contributed by atoms with Crippen molar-refractivity contribution in [3.63, 3.8) is 0 Å². The molecule has 108 valence electrons. The number of piperidine rings is 1. The van der Waals surface area contributed by atoms with Gasteiger partial charge in [0.25, 0.3) is 0 Å². The molecule has 1 aromatic carbocycles. The molecule has 2 rings (SSSR count). The molecule has 1 amide bonds. The van der Waals surface area contributed by atoms with Gasteiger partial charge in [0.1, 0.15) is 5.78 Å². The monoisotopic (exact) mass is 273 g/mol. The number of nitrogens with zero attached hydrogens (tertiary/aromatic N) is 1. The Labute approximate surface area is 121 Å². The van der Waals surface area contributed by atoms with Gasteiger partial charge in [-0.2, -0.15) is 0 Å². The number of Topliss-reactive ketones (excluding diaryl/α,β-unsaturated/α-hetero) is 1. The van der Waals surface area contributed by atoms with E-state index in [1.807, 2.05) is 19.1 Å². The summed E-state index contributed by atoms with van der Waals surface area (Å²) in [6.07, 6.45) is 2.04. The predicted molar refractivity (Wildman–Crippen MR) is 80.9 cm³/mol. The smallest absolute Gasteiger partial charge is 0.237 e. The van der Waals surface area contributed by atoms with Gasteiger partial charge in [0.05, 0.1) is 5.92 Å². The standard InChI is InChI=1S/C17H23NO2/c1-4-16(19)15-9-6-10-18(17(15)20)14-8-5-7-13(11-14)12(2)3/h5,7-8,11-12,15H,4,6,9-10H2,1-3H3. The maximum Gasteiger partial charge on any atom is 0.237 e. The summed E-state index contributed by atoms with van der Waals surface area (Å²) < 4.78 is 0. The van der Waals surface area contributed by atoms with Gasteiger partial charge in [-0.05, 0) is 36.5 Å². The van der Waals surface area contributed by atoms with Gasteiger partial charge in [0.2, 0.25) is 5.91 Å². The van der Waals surface area contributed by atoms with Crippen molar-refractivity contribution in [1.82, 2.24) is 0 Å². The molecule has 0 spiro atoms. The Balaban J connectivity index is 2.25. The highest BCUT2D eigenvalue weighted by atomic mass is 16.2. The molecule has 3 heteroatoms. The Morgan fingerprint density at radius 1 is 1.40 bits per heavy atom. The molecule has 1 aliphatic heterocycles. The lowest BCUT2D eigenvalue weighted by Gasteiger charge is -2.32. The molecule has 3 nitrogen and oxygen atoms in total. The van der Waals surface area contributed by atoms with Crippen molar-refractivity contribution in [3.8, 4) is 0 Å². The Morgan fingerprint density at radius 3 is 2.80 bits per heavy atom. The molecule has 0 radical (unpaired) electrons. The zero-order chi connectivity index (χ0) is 14.7. The van der Waals surface area contributed by atoms with E-state index in [0.717, 1.165) is 12.1 Å². The number of amides is 1. The van der Waals surface area contributed by atoms with E-state index in [-0.39, 0.29) is 11.7 Å². The van der Waals surface area contributed by atoms with Crippen molar-refractivity contribution in [1.29, 1.82) is 0 Å². The quantitative estimate of drug-likeness (QED) is 0.787. The molecular weight excluding hydrogens is 250 g/mol. The number of hydrogen-bond acceptors (Lipinski definition) is 2. The number of rotatable bonds is 4. The number of ketones is 1. The van der Waals surface area contributed by atoms with Crippen molar-refractivity contribution < 1.29 is 9.59 Å². The zero-order valence-electron chi connectivity index (χ0n) is 12.6. The highest BCUT2D eigenvalue weighted by Crippen LogP contribution is 2.28. The van der Waals surface area contributed by atoms with Crippen LogP contribution >= 0.6 is 0 Å². The minimum atomic E-state index is -0.434. The lowest BCUT2D eigenvalue weighted by molar-refractivity contribution is -0.133. The van der Waals surface area contributed by atoms with E-state index in [2.05, 4.69) is 26.0 Å². The van der Waals surface area contributed by atoms with Gasteiger partial charge < -0.3 is 4.90 Å². The van der Waals surface area contributed by atoms with E-state index >= 15 is 0 Å². The molecule has 1 atom stereocenters. The summed E-state index contributed by atoms with van der Waals surface area (Å²) >= 11 is 0. The Hall–Kier alpha value is -1.64. The van der Waals surface area contributed by atoms with Gasteiger partial charge in [-0.15, -0.1) is 0 Å². The van der Waals surface area contributed by atoms with E-state index < -0.39 is 5.92 Å². The molecule has 1 aliphatic rings. The lowest BCUT2D eigenvalue weighted by Crippen LogP contribution is -2.44. The number of benzene rings is 1. The minimum Gasteiger partial charge on any atom is -0.312 e. The fourth-order valence-corrected chi connectivity index (χ4v) is 2.73. The molecular formula is C17H23NO2. The summed E-state index contributed by atoms with van der Waals surface area (Å²) in [5.41, 5.74) is 2.15. The zero-order valence-corrected chi connectivity index (χ0v) is 12.6. The molecule has 20 heavy (non-hydrogen) atoms. The largest absolute Gasteiger partial charge is 0.312 e. The molecule has 1 saturated heterocycles. The highest BCUT2D eigenvalue weighted by Gasteiger charge is 2.33. The summed E-state index contributed by atoms with van der Waals surface area (Å²) in [5.74, 6) is 0.0445. The first-order valence-corrected chi connectivity index (χ1v) is 7.48. The van der Waals surface area contributed by atoms with Gasteiger partial charge in [0, 0.05) is 18.7 Å². The van der Waals surface area contributed by atoms with Gasteiger partial charge in [-0.3, -0.25) is 9.59 Å². The van der Waals surface area contributed by atoms with Crippen LogP contribution in [0, 0.1) is 5.92 Å². The van der Waals surface area contributed by atoms with Crippen LogP contribution in [0.5, 0.6) is 0 Å². The summed E-state index contributed by atoms with van der Waals surface area (Å²) in [4.78, 5) is 26.2. The Morgan fingerprint density at radius 2 is 2.15 bits per heavy atom. The molecule has 0 aromatic heterocycles. The fraction of sp³-hybridized carbons (Fsp3) is 0.529. The Kier molecular flexibility index (Phi) is 4.58. The topological polar surface area (TPSA) is 37.4 Å². The number of carbonyl (C=O) groups is 2. The minimum absolute atomic E-state index is 0.0241. The van der Waals surface area contributed by atoms with Gasteiger partial charge in [-0.1, -0.05) is 32.9 Å². The first kappa shape index (κ1) is 14.8. The van der Waals surface area contributed by atoms with Crippen molar-refractivity contribution in [2.75, 3.05) is 11.4 Å². The number of anilines is 1. The van der Waals surface area contributed by atoms with Crippen LogP contribution in [0.2, 0.25) is 0 Å². The van der Waals surface area contributed by atoms with Crippen LogP contribution in [0.1, 0.15) is 51.5 Å². The van der Waals surface area contributed by atoms with Crippen molar-refractivity contribution in [3.05, 3.63) is 29.8 Å². The lowest BCUT2D eigenvalue weighted by atomic mass is 9.91. The van der Waals surface area contributed by atoms with E-state index in [0.29, 0.717) is 25.3 Å². The van der Waals surface area contributed by atoms with Gasteiger partial charge in [-0.25, -0.2) is 0 Å². The average molecular weight is 273 g/mol. The summed E-state index contributed by atoms with van der Waals surface area (Å²) in [5, 5.41) is 0. The van der Waals surface area contributed by atoms with Crippen LogP contribution in [0.15, 0.2) is 24.3 Å². The third-order valence-corrected chi connectivity index (χ3v) is 4.02. The van der Waals surface area contributed by atoms with E-state index in [9.17, 15) is 9.59 Å². The van der Waals surface area contributed by atoms with Crippen LogP contribution in [-0.4, -0.2) is 18.2 Å². The second kappa shape index (κ2) is 6.21. The maximum atomic E-state index is 12.5. The van der Waals surface area contributed by atoms with Crippen LogP contribution in [-0.2, 0) is 9.59 Å². The molecule has 1 aromatic rings. The van der Waals surface area contributed by atoms with E-state index in [1.54, 1.807) is 4.90 Å². The molecule has 0 N–H and O–H groups in total. The van der Waals surface area contributed by atoms with E-state index in [1.165, 1.54) is 5.56 Å². The van der Waals surface area contributed by atoms with Crippen LogP contribution in [0.4, 0.5) is 5.69 Å². The Bertz CT molecular complexity index is 507. The number of carbonyl (C=O) groups excluding carboxylic acids is 2. The first-order chi connectivity index (χ1) is 9.54. The van der Waals surface area contributed by atoms with Gasteiger partial charge >= 0.3 is 0 Å². The summed E-state index contributed by atoms with van der Waals surface area (Å²) in [6.45, 7) is 6.82. The second-order valence-corrected chi connectivity index (χ2v) is 5.75.